The molecular formula is C17H19N3. The second-order valence-corrected chi connectivity index (χ2v) is 5.01. The number of nitrogens with one attached hydrogen (secondary N) is 1. The molecule has 0 radical (unpaired) electrons. The van der Waals surface area contributed by atoms with Crippen LogP contribution < -0.4 is 5.32 Å². The number of fused-ring (bicyclic) bond motifs is 2. The summed E-state index contributed by atoms with van der Waals surface area (Å²) in [5, 5.41) is 3.28. The fraction of sp³-hybridized carbons (Fsp3) is 0.294. The molecule has 0 saturated carbocycles. The summed E-state index contributed by atoms with van der Waals surface area (Å²) in [6.45, 7) is 2.50. The van der Waals surface area contributed by atoms with E-state index in [1.165, 1.54) is 32.4 Å². The molecule has 1 aliphatic heterocycles. The maximum Gasteiger partial charge on any atom is 0.0894 e. The van der Waals surface area contributed by atoms with Gasteiger partial charge in [-0.2, -0.15) is 0 Å². The molecule has 0 bridgehead atoms. The third-order valence-corrected chi connectivity index (χ3v) is 3.45. The Bertz CT molecular complexity index is 573. The summed E-state index contributed by atoms with van der Waals surface area (Å²) in [6.07, 6.45) is 4.22. The Morgan fingerprint density at radius 3 is 1.25 bits per heavy atom. The molecule has 3 heteroatoms. The molecule has 3 nitrogen and oxygen atoms in total. The molecule has 1 aliphatic rings. The van der Waals surface area contributed by atoms with Crippen LogP contribution in [0.3, 0.4) is 0 Å². The van der Waals surface area contributed by atoms with E-state index >= 15 is 0 Å². The van der Waals surface area contributed by atoms with Crippen molar-refractivity contribution in [2.75, 3.05) is 13.1 Å². The quantitative estimate of drug-likeness (QED) is 0.632. The molecule has 3 aromatic rings. The fourth-order valence-corrected chi connectivity index (χ4v) is 2.37. The molecule has 4 rings (SSSR count). The minimum Gasteiger partial charge on any atom is -0.317 e. The van der Waals surface area contributed by atoms with Gasteiger partial charge in [-0.1, -0.05) is 30.7 Å². The summed E-state index contributed by atoms with van der Waals surface area (Å²) in [4.78, 5) is 9.03. The monoisotopic (exact) mass is 265 g/mol. The molecule has 2 heterocycles. The van der Waals surface area contributed by atoms with Crippen molar-refractivity contribution in [2.45, 2.75) is 19.3 Å². The van der Waals surface area contributed by atoms with Crippen LogP contribution in [-0.2, 0) is 0 Å². The lowest BCUT2D eigenvalue weighted by Gasteiger charge is -2.08. The van der Waals surface area contributed by atoms with Crippen LogP contribution in [0.25, 0.3) is 22.1 Å². The number of hydrogen-bond donors (Lipinski definition) is 1. The lowest BCUT2D eigenvalue weighted by molar-refractivity contribution is 0.520. The Morgan fingerprint density at radius 1 is 0.600 bits per heavy atom. The van der Waals surface area contributed by atoms with Crippen LogP contribution in [0.1, 0.15) is 19.3 Å². The maximum absolute atomic E-state index is 4.52. The van der Waals surface area contributed by atoms with Crippen molar-refractivity contribution in [1.29, 1.82) is 0 Å². The average molecular weight is 265 g/mol. The Morgan fingerprint density at radius 2 is 1.00 bits per heavy atom. The number of aromatic nitrogens is 2. The van der Waals surface area contributed by atoms with Gasteiger partial charge in [0.1, 0.15) is 0 Å². The van der Waals surface area contributed by atoms with Gasteiger partial charge in [0.05, 0.1) is 22.1 Å². The highest BCUT2D eigenvalue weighted by atomic mass is 14.9. The van der Waals surface area contributed by atoms with Crippen LogP contribution >= 0.6 is 0 Å². The first-order chi connectivity index (χ1) is 9.93. The van der Waals surface area contributed by atoms with E-state index < -0.39 is 0 Å². The molecule has 0 spiro atoms. The predicted molar refractivity (Wildman–Crippen MR) is 83.8 cm³/mol. The number of piperidine rings is 1. The summed E-state index contributed by atoms with van der Waals surface area (Å²) < 4.78 is 0. The van der Waals surface area contributed by atoms with Gasteiger partial charge >= 0.3 is 0 Å². The number of benzene rings is 2. The van der Waals surface area contributed by atoms with E-state index in [0.29, 0.717) is 0 Å². The topological polar surface area (TPSA) is 37.8 Å². The van der Waals surface area contributed by atoms with Gasteiger partial charge in [-0.25, -0.2) is 9.97 Å². The van der Waals surface area contributed by atoms with E-state index in [1.807, 2.05) is 48.5 Å². The van der Waals surface area contributed by atoms with Crippen LogP contribution in [0.4, 0.5) is 0 Å². The van der Waals surface area contributed by atoms with Gasteiger partial charge in [0.25, 0.3) is 0 Å². The van der Waals surface area contributed by atoms with E-state index in [2.05, 4.69) is 15.3 Å². The number of nitrogens with zero attached hydrogens (tertiary/aromatic N) is 2. The second-order valence-electron chi connectivity index (χ2n) is 5.01. The van der Waals surface area contributed by atoms with Crippen molar-refractivity contribution in [3.8, 4) is 0 Å². The van der Waals surface area contributed by atoms with Crippen molar-refractivity contribution < 1.29 is 0 Å². The third-order valence-electron chi connectivity index (χ3n) is 3.45. The van der Waals surface area contributed by atoms with Crippen molar-refractivity contribution in [3.63, 3.8) is 0 Å². The highest BCUT2D eigenvalue weighted by molar-refractivity contribution is 5.85. The van der Waals surface area contributed by atoms with Crippen molar-refractivity contribution in [2.24, 2.45) is 0 Å². The number of para-hydroxylation sites is 4. The van der Waals surface area contributed by atoms with Gasteiger partial charge in [-0.05, 0) is 50.2 Å². The average Bonchev–Trinajstić information content (AvgIpc) is 2.55. The largest absolute Gasteiger partial charge is 0.317 e. The van der Waals surface area contributed by atoms with Gasteiger partial charge < -0.3 is 5.32 Å². The van der Waals surface area contributed by atoms with E-state index in [-0.39, 0.29) is 0 Å². The third kappa shape index (κ3) is 3.11. The maximum atomic E-state index is 4.52. The van der Waals surface area contributed by atoms with Gasteiger partial charge in [0.2, 0.25) is 0 Å². The molecule has 0 unspecified atom stereocenters. The van der Waals surface area contributed by atoms with Crippen LogP contribution in [0, 0.1) is 0 Å². The van der Waals surface area contributed by atoms with Gasteiger partial charge in [0.15, 0.2) is 0 Å². The second kappa shape index (κ2) is 6.44. The zero-order chi connectivity index (χ0) is 13.6. The Labute approximate surface area is 119 Å². The summed E-state index contributed by atoms with van der Waals surface area (Å²) in [6, 6.07) is 15.8. The fourth-order valence-electron chi connectivity index (χ4n) is 2.37. The standard InChI is InChI=1S/C12H8N2.C5H11N/c1-2-6-10-9(5-1)13-11-7-3-4-8-12(11)14-10;1-2-4-6-5-3-1/h1-8H;6H,1-5H2. The lowest BCUT2D eigenvalue weighted by atomic mass is 10.2. The summed E-state index contributed by atoms with van der Waals surface area (Å²) >= 11 is 0. The molecule has 20 heavy (non-hydrogen) atoms. The van der Waals surface area contributed by atoms with Crippen molar-refractivity contribution >= 4 is 22.1 Å². The van der Waals surface area contributed by atoms with Crippen LogP contribution in [-0.4, -0.2) is 23.1 Å². The van der Waals surface area contributed by atoms with E-state index in [0.717, 1.165) is 22.1 Å². The lowest BCUT2D eigenvalue weighted by Crippen LogP contribution is -2.21. The number of hydrogen-bond acceptors (Lipinski definition) is 3. The summed E-state index contributed by atoms with van der Waals surface area (Å²) in [5.74, 6) is 0. The van der Waals surface area contributed by atoms with Crippen molar-refractivity contribution in [3.05, 3.63) is 48.5 Å². The Kier molecular flexibility index (Phi) is 4.19. The van der Waals surface area contributed by atoms with E-state index in [9.17, 15) is 0 Å². The molecule has 1 fully saturated rings. The molecule has 102 valence electrons. The first-order valence-electron chi connectivity index (χ1n) is 7.26. The first-order valence-corrected chi connectivity index (χ1v) is 7.26. The Balaban J connectivity index is 0.000000170. The smallest absolute Gasteiger partial charge is 0.0894 e. The molecule has 1 N–H and O–H groups in total. The first kappa shape index (κ1) is 13.0. The zero-order valence-corrected chi connectivity index (χ0v) is 11.5. The van der Waals surface area contributed by atoms with Crippen LogP contribution in [0.2, 0.25) is 0 Å². The van der Waals surface area contributed by atoms with Gasteiger partial charge in [-0.3, -0.25) is 0 Å². The van der Waals surface area contributed by atoms with E-state index in [4.69, 9.17) is 0 Å². The zero-order valence-electron chi connectivity index (χ0n) is 11.5. The van der Waals surface area contributed by atoms with Crippen molar-refractivity contribution in [1.82, 2.24) is 15.3 Å². The molecular weight excluding hydrogens is 246 g/mol. The van der Waals surface area contributed by atoms with E-state index in [1.54, 1.807) is 0 Å². The molecule has 1 aromatic heterocycles. The number of rotatable bonds is 0. The van der Waals surface area contributed by atoms with Crippen LogP contribution in [0.5, 0.6) is 0 Å². The molecule has 0 aliphatic carbocycles. The summed E-state index contributed by atoms with van der Waals surface area (Å²) in [5.41, 5.74) is 3.80. The predicted octanol–water partition coefficient (Wildman–Crippen LogP) is 3.54. The van der Waals surface area contributed by atoms with Gasteiger partial charge in [-0.15, -0.1) is 0 Å². The molecule has 2 aromatic carbocycles. The molecule has 0 amide bonds. The minimum absolute atomic E-state index is 0.950. The van der Waals surface area contributed by atoms with Gasteiger partial charge in [0, 0.05) is 0 Å². The minimum atomic E-state index is 0.950. The van der Waals surface area contributed by atoms with Crippen LogP contribution in [0.15, 0.2) is 48.5 Å². The normalized spacial score (nSPS) is 14.8. The molecule has 1 saturated heterocycles. The highest BCUT2D eigenvalue weighted by Crippen LogP contribution is 2.14. The summed E-state index contributed by atoms with van der Waals surface area (Å²) in [7, 11) is 0. The molecule has 0 atom stereocenters. The SMILES string of the molecule is C1CCNCC1.c1ccc2nc3ccccc3nc2c1. The Hall–Kier alpha value is -2.00. The highest BCUT2D eigenvalue weighted by Gasteiger charge is 1.98.